The fourth-order valence-electron chi connectivity index (χ4n) is 1.59. The zero-order valence-electron chi connectivity index (χ0n) is 13.6. The van der Waals surface area contributed by atoms with E-state index in [1.54, 1.807) is 6.08 Å². The van der Waals surface area contributed by atoms with Crippen LogP contribution < -0.4 is 5.43 Å². The largest absolute Gasteiger partial charge is 0.301 e. The topological polar surface area (TPSA) is 111 Å². The molecule has 0 aliphatic carbocycles. The Morgan fingerprint density at radius 1 is 1.12 bits per heavy atom. The predicted molar refractivity (Wildman–Crippen MR) is 94.2 cm³/mol. The summed E-state index contributed by atoms with van der Waals surface area (Å²) in [6, 6.07) is 3.31. The summed E-state index contributed by atoms with van der Waals surface area (Å²) in [6.45, 7) is 5.87. The maximum absolute atomic E-state index is 11.0. The lowest BCUT2D eigenvalue weighted by atomic mass is 10.2. The first-order chi connectivity index (χ1) is 11.3. The van der Waals surface area contributed by atoms with Gasteiger partial charge in [-0.2, -0.15) is 5.10 Å². The maximum atomic E-state index is 11.0. The standard InChI is InChI=1S/C16H18N4O4/c1-12(2)5-4-6-13(3)9-10-17-18-15-8-7-14(19(21)22)11-16(15)20(23)24/h4-11,18H,1-3H3/b6-4+,13-9+,17-10+. The molecule has 0 amide bonds. The molecule has 1 aromatic rings. The molecular weight excluding hydrogens is 312 g/mol. The number of anilines is 1. The van der Waals surface area contributed by atoms with E-state index in [1.165, 1.54) is 23.9 Å². The van der Waals surface area contributed by atoms with Crippen LogP contribution in [0.4, 0.5) is 17.1 Å². The highest BCUT2D eigenvalue weighted by atomic mass is 16.6. The highest BCUT2D eigenvalue weighted by Crippen LogP contribution is 2.28. The second-order valence-corrected chi connectivity index (χ2v) is 5.12. The molecule has 0 bridgehead atoms. The molecule has 0 aliphatic rings. The number of hydrazone groups is 1. The molecule has 1 N–H and O–H groups in total. The van der Waals surface area contributed by atoms with Gasteiger partial charge in [-0.25, -0.2) is 0 Å². The van der Waals surface area contributed by atoms with Crippen LogP contribution in [0.5, 0.6) is 0 Å². The Bertz CT molecular complexity index is 744. The van der Waals surface area contributed by atoms with Crippen molar-refractivity contribution < 1.29 is 9.85 Å². The number of hydrogen-bond acceptors (Lipinski definition) is 6. The number of rotatable bonds is 7. The van der Waals surface area contributed by atoms with Gasteiger partial charge in [-0.1, -0.05) is 23.8 Å². The Balaban J connectivity index is 2.83. The smallest absolute Gasteiger partial charge is 0.272 e. The highest BCUT2D eigenvalue weighted by molar-refractivity contribution is 5.75. The van der Waals surface area contributed by atoms with Crippen LogP contribution in [-0.4, -0.2) is 16.1 Å². The van der Waals surface area contributed by atoms with Gasteiger partial charge in [-0.15, -0.1) is 0 Å². The van der Waals surface area contributed by atoms with E-state index in [0.29, 0.717) is 0 Å². The zero-order valence-corrected chi connectivity index (χ0v) is 13.6. The van der Waals surface area contributed by atoms with Crippen LogP contribution in [0, 0.1) is 20.2 Å². The van der Waals surface area contributed by atoms with Crippen molar-refractivity contribution in [3.63, 3.8) is 0 Å². The molecule has 0 saturated heterocycles. The lowest BCUT2D eigenvalue weighted by molar-refractivity contribution is -0.393. The van der Waals surface area contributed by atoms with Crippen LogP contribution in [0.1, 0.15) is 20.8 Å². The van der Waals surface area contributed by atoms with Gasteiger partial charge in [0.05, 0.1) is 15.9 Å². The molecule has 0 aliphatic heterocycles. The third kappa shape index (κ3) is 6.22. The minimum atomic E-state index is -0.700. The van der Waals surface area contributed by atoms with E-state index in [-0.39, 0.29) is 11.4 Å². The van der Waals surface area contributed by atoms with Crippen LogP contribution in [0.15, 0.2) is 58.8 Å². The Morgan fingerprint density at radius 3 is 2.42 bits per heavy atom. The van der Waals surface area contributed by atoms with Crippen molar-refractivity contribution >= 4 is 23.3 Å². The second-order valence-electron chi connectivity index (χ2n) is 5.12. The third-order valence-electron chi connectivity index (χ3n) is 2.77. The Kier molecular flexibility index (Phi) is 7.02. The molecule has 0 aromatic heterocycles. The molecule has 0 radical (unpaired) electrons. The van der Waals surface area contributed by atoms with Gasteiger partial charge >= 0.3 is 5.69 Å². The van der Waals surface area contributed by atoms with Crippen molar-refractivity contribution in [2.45, 2.75) is 20.8 Å². The summed E-state index contributed by atoms with van der Waals surface area (Å²) in [5.41, 5.74) is 3.95. The summed E-state index contributed by atoms with van der Waals surface area (Å²) in [7, 11) is 0. The molecule has 0 heterocycles. The molecule has 1 aromatic carbocycles. The Morgan fingerprint density at radius 2 is 1.83 bits per heavy atom. The summed E-state index contributed by atoms with van der Waals surface area (Å²) >= 11 is 0. The zero-order chi connectivity index (χ0) is 18.1. The van der Waals surface area contributed by atoms with Crippen LogP contribution >= 0.6 is 0 Å². The fourth-order valence-corrected chi connectivity index (χ4v) is 1.59. The quantitative estimate of drug-likeness (QED) is 0.345. The van der Waals surface area contributed by atoms with Crippen LogP contribution in [0.25, 0.3) is 0 Å². The monoisotopic (exact) mass is 330 g/mol. The molecule has 8 nitrogen and oxygen atoms in total. The summed E-state index contributed by atoms with van der Waals surface area (Å²) in [5.74, 6) is 0. The normalized spacial score (nSPS) is 11.7. The number of nitrogens with one attached hydrogen (secondary N) is 1. The van der Waals surface area contributed by atoms with Crippen molar-refractivity contribution in [3.8, 4) is 0 Å². The van der Waals surface area contributed by atoms with Crippen molar-refractivity contribution in [1.82, 2.24) is 0 Å². The maximum Gasteiger partial charge on any atom is 0.301 e. The average molecular weight is 330 g/mol. The lowest BCUT2D eigenvalue weighted by Crippen LogP contribution is -1.98. The molecule has 8 heteroatoms. The van der Waals surface area contributed by atoms with Crippen molar-refractivity contribution in [1.29, 1.82) is 0 Å². The van der Waals surface area contributed by atoms with Crippen LogP contribution in [0.2, 0.25) is 0 Å². The average Bonchev–Trinajstić information content (AvgIpc) is 2.50. The number of hydrogen-bond donors (Lipinski definition) is 1. The van der Waals surface area contributed by atoms with Crippen molar-refractivity contribution in [2.24, 2.45) is 5.10 Å². The minimum Gasteiger partial charge on any atom is -0.272 e. The van der Waals surface area contributed by atoms with E-state index in [2.05, 4.69) is 10.5 Å². The molecule has 24 heavy (non-hydrogen) atoms. The highest BCUT2D eigenvalue weighted by Gasteiger charge is 2.18. The number of allylic oxidation sites excluding steroid dienone is 6. The molecule has 0 atom stereocenters. The molecule has 126 valence electrons. The first-order valence-corrected chi connectivity index (χ1v) is 7.01. The first-order valence-electron chi connectivity index (χ1n) is 7.01. The van der Waals surface area contributed by atoms with Gasteiger partial charge in [0.25, 0.3) is 5.69 Å². The summed E-state index contributed by atoms with van der Waals surface area (Å²) < 4.78 is 0. The van der Waals surface area contributed by atoms with Gasteiger partial charge in [0.1, 0.15) is 5.69 Å². The van der Waals surface area contributed by atoms with Gasteiger partial charge in [0.2, 0.25) is 0 Å². The Labute approximate surface area is 139 Å². The Hall–Kier alpha value is -3.29. The van der Waals surface area contributed by atoms with Crippen LogP contribution in [-0.2, 0) is 0 Å². The number of nitro groups is 2. The SMILES string of the molecule is CC(C)=C/C=C/C(C)=C/C=N/Nc1ccc([N+](=O)[O-])cc1[N+](=O)[O-]. The van der Waals surface area contributed by atoms with E-state index in [9.17, 15) is 20.2 Å². The minimum absolute atomic E-state index is 0.0768. The first kappa shape index (κ1) is 18.8. The molecule has 0 unspecified atom stereocenters. The predicted octanol–water partition coefficient (Wildman–Crippen LogP) is 4.37. The molecular formula is C16H18N4O4. The third-order valence-corrected chi connectivity index (χ3v) is 2.77. The lowest BCUT2D eigenvalue weighted by Gasteiger charge is -2.01. The van der Waals surface area contributed by atoms with Crippen molar-refractivity contribution in [2.75, 3.05) is 5.43 Å². The van der Waals surface area contributed by atoms with E-state index in [0.717, 1.165) is 11.6 Å². The number of nitrogens with zero attached hydrogens (tertiary/aromatic N) is 3. The van der Waals surface area contributed by atoms with Gasteiger partial charge < -0.3 is 0 Å². The van der Waals surface area contributed by atoms with Crippen molar-refractivity contribution in [3.05, 3.63) is 73.9 Å². The summed E-state index contributed by atoms with van der Waals surface area (Å²) in [6.07, 6.45) is 8.94. The molecule has 0 spiro atoms. The van der Waals surface area contributed by atoms with Crippen LogP contribution in [0.3, 0.4) is 0 Å². The number of non-ortho nitro benzene ring substituents is 1. The summed E-state index contributed by atoms with van der Waals surface area (Å²) in [5, 5.41) is 25.5. The summed E-state index contributed by atoms with van der Waals surface area (Å²) in [4.78, 5) is 20.3. The fraction of sp³-hybridized carbons (Fsp3) is 0.188. The molecule has 0 saturated carbocycles. The molecule has 1 rings (SSSR count). The number of benzene rings is 1. The van der Waals surface area contributed by atoms with Gasteiger partial charge in [0.15, 0.2) is 0 Å². The van der Waals surface area contributed by atoms with E-state index >= 15 is 0 Å². The van der Waals surface area contributed by atoms with Gasteiger partial charge in [0, 0.05) is 12.3 Å². The molecule has 0 fully saturated rings. The second kappa shape index (κ2) is 8.99. The van der Waals surface area contributed by atoms with E-state index in [4.69, 9.17) is 0 Å². The van der Waals surface area contributed by atoms with Gasteiger partial charge in [-0.05, 0) is 38.5 Å². The van der Waals surface area contributed by atoms with E-state index < -0.39 is 15.5 Å². The van der Waals surface area contributed by atoms with E-state index in [1.807, 2.05) is 39.0 Å². The number of nitro benzene ring substituents is 2. The van der Waals surface area contributed by atoms with Gasteiger partial charge in [-0.3, -0.25) is 25.7 Å².